The summed E-state index contributed by atoms with van der Waals surface area (Å²) in [5.41, 5.74) is -7.48. The molecule has 1 aliphatic heterocycles. The molecule has 23 heavy (non-hydrogen) atoms. The molecule has 134 valence electrons. The average molecular weight is 359 g/mol. The summed E-state index contributed by atoms with van der Waals surface area (Å²) in [5, 5.41) is 9.31. The number of alkyl halides is 3. The summed E-state index contributed by atoms with van der Waals surface area (Å²) >= 11 is 0. The molecule has 1 rings (SSSR count). The van der Waals surface area contributed by atoms with Crippen molar-refractivity contribution in [2.24, 2.45) is 10.8 Å². The predicted molar refractivity (Wildman–Crippen MR) is 75.9 cm³/mol. The van der Waals surface area contributed by atoms with Crippen LogP contribution in [0, 0.1) is 10.8 Å². The van der Waals surface area contributed by atoms with Crippen molar-refractivity contribution in [2.45, 2.75) is 46.2 Å². The van der Waals surface area contributed by atoms with Crippen molar-refractivity contribution >= 4 is 16.2 Å². The van der Waals surface area contributed by atoms with E-state index in [9.17, 15) is 31.5 Å². The van der Waals surface area contributed by atoms with Gasteiger partial charge in [-0.05, 0) is 11.5 Å². The number of carboxylic acid groups (broad SMARTS) is 1. The van der Waals surface area contributed by atoms with Crippen LogP contribution in [0.2, 0.25) is 0 Å². The Morgan fingerprint density at radius 1 is 1.35 bits per heavy atom. The van der Waals surface area contributed by atoms with E-state index < -0.39 is 44.4 Å². The van der Waals surface area contributed by atoms with Crippen molar-refractivity contribution in [3.8, 4) is 0 Å². The van der Waals surface area contributed by atoms with Gasteiger partial charge in [0.2, 0.25) is 0 Å². The van der Waals surface area contributed by atoms with Gasteiger partial charge in [-0.25, -0.2) is 4.79 Å². The topological polar surface area (TPSA) is 83.9 Å². The van der Waals surface area contributed by atoms with Gasteiger partial charge in [0.15, 0.2) is 0 Å². The van der Waals surface area contributed by atoms with Crippen LogP contribution in [0.25, 0.3) is 0 Å². The Morgan fingerprint density at radius 3 is 2.17 bits per heavy atom. The molecule has 0 spiro atoms. The fraction of sp³-hybridized carbons (Fsp3) is 0.769. The predicted octanol–water partition coefficient (Wildman–Crippen LogP) is 3.17. The lowest BCUT2D eigenvalue weighted by Crippen LogP contribution is -2.58. The first-order valence-electron chi connectivity index (χ1n) is 6.73. The summed E-state index contributed by atoms with van der Waals surface area (Å²) in [5.74, 6) is -0.410. The molecule has 0 radical (unpaired) electrons. The quantitative estimate of drug-likeness (QED) is 0.605. The molecule has 0 aromatic carbocycles. The molecule has 1 amide bonds. The third-order valence-corrected chi connectivity index (χ3v) is 4.62. The molecular formula is C13H20F3NO5S. The van der Waals surface area contributed by atoms with Crippen molar-refractivity contribution in [3.05, 3.63) is 11.8 Å². The molecule has 6 nitrogen and oxygen atoms in total. The van der Waals surface area contributed by atoms with Gasteiger partial charge >= 0.3 is 21.7 Å². The second-order valence-electron chi connectivity index (χ2n) is 6.98. The van der Waals surface area contributed by atoms with Crippen LogP contribution in [0.3, 0.4) is 0 Å². The summed E-state index contributed by atoms with van der Waals surface area (Å²) in [4.78, 5) is 12.5. The molecule has 0 saturated heterocycles. The van der Waals surface area contributed by atoms with Crippen LogP contribution in [-0.2, 0) is 14.3 Å². The first kappa shape index (κ1) is 19.6. The Morgan fingerprint density at radius 2 is 1.83 bits per heavy atom. The maximum Gasteiger partial charge on any atom is 0.534 e. The SMILES string of the molecule is CC(C)(C)C1N(C(=O)O)CC=C(OS(=O)(=O)C(F)(F)F)C1(C)C. The van der Waals surface area contributed by atoms with Crippen LogP contribution in [0.1, 0.15) is 34.6 Å². The van der Waals surface area contributed by atoms with Crippen molar-refractivity contribution in [3.63, 3.8) is 0 Å². The Bertz CT molecular complexity index is 617. The first-order chi connectivity index (χ1) is 10.0. The minimum atomic E-state index is -5.81. The number of amides is 1. The Balaban J connectivity index is 3.35. The second-order valence-corrected chi connectivity index (χ2v) is 8.51. The smallest absolute Gasteiger partial charge is 0.465 e. The maximum absolute atomic E-state index is 12.5. The number of nitrogens with zero attached hydrogens (tertiary/aromatic N) is 1. The van der Waals surface area contributed by atoms with Crippen LogP contribution < -0.4 is 0 Å². The number of hydrogen-bond donors (Lipinski definition) is 1. The molecule has 1 N–H and O–H groups in total. The van der Waals surface area contributed by atoms with Gasteiger partial charge in [0.1, 0.15) is 5.76 Å². The monoisotopic (exact) mass is 359 g/mol. The van der Waals surface area contributed by atoms with Gasteiger partial charge in [0, 0.05) is 12.0 Å². The third-order valence-electron chi connectivity index (χ3n) is 3.65. The van der Waals surface area contributed by atoms with E-state index in [4.69, 9.17) is 0 Å². The molecule has 10 heteroatoms. The number of rotatable bonds is 2. The van der Waals surface area contributed by atoms with E-state index >= 15 is 0 Å². The van der Waals surface area contributed by atoms with E-state index in [0.29, 0.717) is 0 Å². The maximum atomic E-state index is 12.5. The highest BCUT2D eigenvalue weighted by atomic mass is 32.2. The summed E-state index contributed by atoms with van der Waals surface area (Å²) in [6.45, 7) is 7.80. The van der Waals surface area contributed by atoms with E-state index in [1.165, 1.54) is 13.8 Å². The Kier molecular flexibility index (Phi) is 4.75. The summed E-state index contributed by atoms with van der Waals surface area (Å²) in [6.07, 6.45) is -0.188. The fourth-order valence-corrected chi connectivity index (χ4v) is 3.73. The minimum Gasteiger partial charge on any atom is -0.465 e. The highest BCUT2D eigenvalue weighted by molar-refractivity contribution is 7.87. The average Bonchev–Trinajstić information content (AvgIpc) is 2.27. The number of halogens is 3. The summed E-state index contributed by atoms with van der Waals surface area (Å²) in [6, 6.07) is -0.782. The van der Waals surface area contributed by atoms with E-state index in [0.717, 1.165) is 11.0 Å². The van der Waals surface area contributed by atoms with Crippen LogP contribution in [0.4, 0.5) is 18.0 Å². The van der Waals surface area contributed by atoms with Gasteiger partial charge in [-0.15, -0.1) is 0 Å². The van der Waals surface area contributed by atoms with Crippen molar-refractivity contribution in [2.75, 3.05) is 6.54 Å². The lowest BCUT2D eigenvalue weighted by molar-refractivity contribution is -0.0557. The van der Waals surface area contributed by atoms with E-state index in [1.807, 2.05) is 0 Å². The van der Waals surface area contributed by atoms with Crippen molar-refractivity contribution in [1.29, 1.82) is 0 Å². The lowest BCUT2D eigenvalue weighted by Gasteiger charge is -2.50. The largest absolute Gasteiger partial charge is 0.534 e. The van der Waals surface area contributed by atoms with Gasteiger partial charge in [0.05, 0.1) is 6.04 Å². The van der Waals surface area contributed by atoms with Crippen LogP contribution in [0.15, 0.2) is 11.8 Å². The Labute approximate surface area is 133 Å². The molecule has 1 heterocycles. The van der Waals surface area contributed by atoms with E-state index in [-0.39, 0.29) is 6.54 Å². The van der Waals surface area contributed by atoms with E-state index in [1.54, 1.807) is 20.8 Å². The molecule has 1 atom stereocenters. The number of hydrogen-bond acceptors (Lipinski definition) is 4. The molecule has 1 aliphatic rings. The first-order valence-corrected chi connectivity index (χ1v) is 8.13. The van der Waals surface area contributed by atoms with Gasteiger partial charge in [-0.1, -0.05) is 34.6 Å². The standard InChI is InChI=1S/C13H20F3NO5S/c1-11(2,3)9-12(4,5)8(6-7-17(9)10(18)19)22-23(20,21)13(14,15)16/h6,9H,7H2,1-5H3,(H,18,19). The lowest BCUT2D eigenvalue weighted by atomic mass is 9.67. The van der Waals surface area contributed by atoms with Gasteiger partial charge in [-0.3, -0.25) is 0 Å². The van der Waals surface area contributed by atoms with Crippen molar-refractivity contribution in [1.82, 2.24) is 4.90 Å². The third kappa shape index (κ3) is 3.73. The van der Waals surface area contributed by atoms with Gasteiger partial charge < -0.3 is 14.2 Å². The molecule has 0 fully saturated rings. The second kappa shape index (κ2) is 5.57. The fourth-order valence-electron chi connectivity index (χ4n) is 3.12. The van der Waals surface area contributed by atoms with Gasteiger partial charge in [-0.2, -0.15) is 21.6 Å². The zero-order valence-electron chi connectivity index (χ0n) is 13.4. The molecule has 0 aliphatic carbocycles. The molecule has 0 aromatic heterocycles. The minimum absolute atomic E-state index is 0.261. The molecule has 1 unspecified atom stereocenters. The van der Waals surface area contributed by atoms with E-state index in [2.05, 4.69) is 4.18 Å². The highest BCUT2D eigenvalue weighted by Crippen LogP contribution is 2.46. The zero-order valence-corrected chi connectivity index (χ0v) is 14.2. The van der Waals surface area contributed by atoms with Crippen LogP contribution in [0.5, 0.6) is 0 Å². The highest BCUT2D eigenvalue weighted by Gasteiger charge is 2.54. The normalized spacial score (nSPS) is 22.5. The molecule has 0 bridgehead atoms. The van der Waals surface area contributed by atoms with Crippen LogP contribution in [-0.4, -0.2) is 42.6 Å². The molecular weight excluding hydrogens is 339 g/mol. The van der Waals surface area contributed by atoms with Crippen molar-refractivity contribution < 1.29 is 35.7 Å². The Hall–Kier alpha value is -1.45. The zero-order chi connectivity index (χ0) is 18.4. The molecule has 0 saturated carbocycles. The number of carbonyl (C=O) groups is 1. The van der Waals surface area contributed by atoms with Crippen LogP contribution >= 0.6 is 0 Å². The summed E-state index contributed by atoms with van der Waals surface area (Å²) < 4.78 is 64.4. The molecule has 0 aromatic rings. The summed E-state index contributed by atoms with van der Waals surface area (Å²) in [7, 11) is -5.81. The van der Waals surface area contributed by atoms with Gasteiger partial charge in [0.25, 0.3) is 0 Å².